The van der Waals surface area contributed by atoms with Crippen molar-refractivity contribution in [3.8, 4) is 5.75 Å². The SMILES string of the molecule is O=C(O)[C@H](CC1CCCCC1)NC1COc2ccccc2N(Cc2ccc(Br)cc2)C1=O. The number of carboxylic acid groups (broad SMARTS) is 1. The minimum Gasteiger partial charge on any atom is -0.489 e. The van der Waals surface area contributed by atoms with Crippen LogP contribution in [0.2, 0.25) is 0 Å². The summed E-state index contributed by atoms with van der Waals surface area (Å²) in [6, 6.07) is 13.8. The topological polar surface area (TPSA) is 78.9 Å². The van der Waals surface area contributed by atoms with E-state index in [1.165, 1.54) is 6.42 Å². The van der Waals surface area contributed by atoms with Gasteiger partial charge in [-0.15, -0.1) is 0 Å². The number of ether oxygens (including phenoxy) is 1. The summed E-state index contributed by atoms with van der Waals surface area (Å²) in [5, 5.41) is 13.0. The zero-order valence-corrected chi connectivity index (χ0v) is 19.6. The summed E-state index contributed by atoms with van der Waals surface area (Å²) >= 11 is 3.45. The molecule has 2 aromatic carbocycles. The maximum atomic E-state index is 13.6. The highest BCUT2D eigenvalue weighted by atomic mass is 79.9. The number of benzene rings is 2. The Labute approximate surface area is 197 Å². The van der Waals surface area contributed by atoms with Crippen molar-refractivity contribution >= 4 is 33.5 Å². The van der Waals surface area contributed by atoms with Crippen LogP contribution in [-0.2, 0) is 16.1 Å². The molecule has 2 aliphatic rings. The van der Waals surface area contributed by atoms with Crippen molar-refractivity contribution in [1.29, 1.82) is 0 Å². The van der Waals surface area contributed by atoms with Gasteiger partial charge >= 0.3 is 5.97 Å². The zero-order chi connectivity index (χ0) is 22.5. The first-order valence-corrected chi connectivity index (χ1v) is 12.1. The predicted molar refractivity (Wildman–Crippen MR) is 127 cm³/mol. The number of carboxylic acids is 1. The average Bonchev–Trinajstić information content (AvgIpc) is 2.93. The van der Waals surface area contributed by atoms with Crippen LogP contribution in [0.1, 0.15) is 44.1 Å². The number of nitrogens with one attached hydrogen (secondary N) is 1. The standard InChI is InChI=1S/C25H29BrN2O4/c26-19-12-10-18(11-13-19)15-28-22-8-4-5-9-23(22)32-16-21(24(28)29)27-20(25(30)31)14-17-6-2-1-3-7-17/h4-5,8-13,17,20-21,27H,1-3,6-7,14-16H2,(H,30,31)/t20-,21?/m0/s1. The first kappa shape index (κ1) is 22.8. The van der Waals surface area contributed by atoms with Crippen molar-refractivity contribution in [2.45, 2.75) is 57.2 Å². The maximum absolute atomic E-state index is 13.6. The van der Waals surface area contributed by atoms with Crippen molar-refractivity contribution < 1.29 is 19.4 Å². The second kappa shape index (κ2) is 10.5. The van der Waals surface area contributed by atoms with E-state index in [-0.39, 0.29) is 12.5 Å². The second-order valence-corrected chi connectivity index (χ2v) is 9.60. The Hall–Kier alpha value is -2.38. The number of hydrogen-bond acceptors (Lipinski definition) is 4. The Morgan fingerprint density at radius 3 is 2.56 bits per heavy atom. The minimum atomic E-state index is -0.912. The molecule has 1 heterocycles. The van der Waals surface area contributed by atoms with E-state index < -0.39 is 18.1 Å². The normalized spacial score (nSPS) is 20.2. The number of anilines is 1. The number of nitrogens with zero attached hydrogens (tertiary/aromatic N) is 1. The lowest BCUT2D eigenvalue weighted by Crippen LogP contribution is -2.54. The number of rotatable bonds is 7. The van der Waals surface area contributed by atoms with Gasteiger partial charge in [0.15, 0.2) is 0 Å². The van der Waals surface area contributed by atoms with Gasteiger partial charge in [-0.3, -0.25) is 14.9 Å². The third kappa shape index (κ3) is 5.51. The van der Waals surface area contributed by atoms with E-state index in [0.29, 0.717) is 30.3 Å². The number of amides is 1. The van der Waals surface area contributed by atoms with Crippen LogP contribution in [0.4, 0.5) is 5.69 Å². The van der Waals surface area contributed by atoms with Gasteiger partial charge in [0.1, 0.15) is 24.4 Å². The number of aliphatic carboxylic acids is 1. The number of para-hydroxylation sites is 2. The molecule has 1 aliphatic carbocycles. The molecule has 1 aliphatic heterocycles. The molecule has 7 heteroatoms. The monoisotopic (exact) mass is 500 g/mol. The van der Waals surface area contributed by atoms with Crippen LogP contribution in [-0.4, -0.2) is 35.7 Å². The van der Waals surface area contributed by atoms with Crippen LogP contribution in [0.25, 0.3) is 0 Å². The van der Waals surface area contributed by atoms with E-state index in [2.05, 4.69) is 21.2 Å². The number of carbonyl (C=O) groups excluding carboxylic acids is 1. The van der Waals surface area contributed by atoms with Crippen LogP contribution < -0.4 is 15.0 Å². The molecule has 2 aromatic rings. The van der Waals surface area contributed by atoms with Crippen LogP contribution >= 0.6 is 15.9 Å². The molecule has 1 amide bonds. The summed E-state index contributed by atoms with van der Waals surface area (Å²) in [6.45, 7) is 0.478. The smallest absolute Gasteiger partial charge is 0.320 e. The number of halogens is 1. The highest BCUT2D eigenvalue weighted by molar-refractivity contribution is 9.10. The Bertz CT molecular complexity index is 943. The zero-order valence-electron chi connectivity index (χ0n) is 18.0. The van der Waals surface area contributed by atoms with Gasteiger partial charge in [-0.25, -0.2) is 0 Å². The van der Waals surface area contributed by atoms with Crippen LogP contribution in [0.5, 0.6) is 5.75 Å². The van der Waals surface area contributed by atoms with E-state index >= 15 is 0 Å². The fourth-order valence-corrected chi connectivity index (χ4v) is 4.91. The molecule has 0 saturated heterocycles. The summed E-state index contributed by atoms with van der Waals surface area (Å²) < 4.78 is 6.93. The number of hydrogen-bond donors (Lipinski definition) is 2. The Morgan fingerprint density at radius 2 is 1.84 bits per heavy atom. The van der Waals surface area contributed by atoms with Crippen LogP contribution in [0.15, 0.2) is 53.0 Å². The predicted octanol–water partition coefficient (Wildman–Crippen LogP) is 4.76. The summed E-state index contributed by atoms with van der Waals surface area (Å²) in [7, 11) is 0. The van der Waals surface area contributed by atoms with Gasteiger partial charge in [0.25, 0.3) is 0 Å². The quantitative estimate of drug-likeness (QED) is 0.572. The number of carbonyl (C=O) groups is 2. The van der Waals surface area contributed by atoms with E-state index in [9.17, 15) is 14.7 Å². The van der Waals surface area contributed by atoms with Crippen molar-refractivity contribution in [1.82, 2.24) is 5.32 Å². The Morgan fingerprint density at radius 1 is 1.12 bits per heavy atom. The molecule has 6 nitrogen and oxygen atoms in total. The van der Waals surface area contributed by atoms with Crippen LogP contribution in [0.3, 0.4) is 0 Å². The van der Waals surface area contributed by atoms with Gasteiger partial charge in [0.05, 0.1) is 12.2 Å². The number of fused-ring (bicyclic) bond motifs is 1. The fourth-order valence-electron chi connectivity index (χ4n) is 4.65. The third-order valence-electron chi connectivity index (χ3n) is 6.37. The molecule has 0 bridgehead atoms. The van der Waals surface area contributed by atoms with Crippen molar-refractivity contribution in [3.05, 3.63) is 58.6 Å². The summed E-state index contributed by atoms with van der Waals surface area (Å²) in [6.07, 6.45) is 6.18. The van der Waals surface area contributed by atoms with Crippen LogP contribution in [0, 0.1) is 5.92 Å². The van der Waals surface area contributed by atoms with Crippen molar-refractivity contribution in [2.24, 2.45) is 5.92 Å². The lowest BCUT2D eigenvalue weighted by Gasteiger charge is -2.29. The Balaban J connectivity index is 1.55. The lowest BCUT2D eigenvalue weighted by molar-refractivity contribution is -0.140. The molecule has 32 heavy (non-hydrogen) atoms. The molecule has 1 saturated carbocycles. The molecule has 170 valence electrons. The molecular formula is C25H29BrN2O4. The van der Waals surface area contributed by atoms with Gasteiger partial charge in [-0.05, 0) is 42.2 Å². The molecule has 0 aromatic heterocycles. The average molecular weight is 501 g/mol. The third-order valence-corrected chi connectivity index (χ3v) is 6.90. The summed E-state index contributed by atoms with van der Waals surface area (Å²) in [5.41, 5.74) is 1.68. The highest BCUT2D eigenvalue weighted by Crippen LogP contribution is 2.33. The molecular weight excluding hydrogens is 472 g/mol. The van der Waals surface area contributed by atoms with E-state index in [0.717, 1.165) is 35.7 Å². The second-order valence-electron chi connectivity index (χ2n) is 8.68. The Kier molecular flexibility index (Phi) is 7.48. The summed E-state index contributed by atoms with van der Waals surface area (Å²) in [5.74, 6) is -0.0750. The van der Waals surface area contributed by atoms with Gasteiger partial charge in [-0.2, -0.15) is 0 Å². The van der Waals surface area contributed by atoms with Gasteiger partial charge in [0, 0.05) is 4.47 Å². The first-order valence-electron chi connectivity index (χ1n) is 11.3. The van der Waals surface area contributed by atoms with Gasteiger partial charge in [-0.1, -0.05) is 72.3 Å². The highest BCUT2D eigenvalue weighted by Gasteiger charge is 2.35. The van der Waals surface area contributed by atoms with Gasteiger partial charge in [0.2, 0.25) is 5.91 Å². The van der Waals surface area contributed by atoms with Gasteiger partial charge < -0.3 is 14.7 Å². The van der Waals surface area contributed by atoms with E-state index in [4.69, 9.17) is 4.74 Å². The first-order chi connectivity index (χ1) is 15.5. The maximum Gasteiger partial charge on any atom is 0.320 e. The minimum absolute atomic E-state index is 0.0983. The molecule has 0 spiro atoms. The molecule has 2 atom stereocenters. The molecule has 2 N–H and O–H groups in total. The molecule has 4 rings (SSSR count). The van der Waals surface area contributed by atoms with E-state index in [1.54, 1.807) is 4.90 Å². The molecule has 0 radical (unpaired) electrons. The molecule has 1 unspecified atom stereocenters. The lowest BCUT2D eigenvalue weighted by atomic mass is 9.84. The summed E-state index contributed by atoms with van der Waals surface area (Å²) in [4.78, 5) is 27.3. The molecule has 1 fully saturated rings. The fraction of sp³-hybridized carbons (Fsp3) is 0.440. The van der Waals surface area contributed by atoms with Crippen molar-refractivity contribution in [2.75, 3.05) is 11.5 Å². The van der Waals surface area contributed by atoms with E-state index in [1.807, 2.05) is 48.5 Å². The van der Waals surface area contributed by atoms with Crippen molar-refractivity contribution in [3.63, 3.8) is 0 Å². The largest absolute Gasteiger partial charge is 0.489 e.